The number of hydrogen-bond donors (Lipinski definition) is 2. The molecule has 5 rings (SSSR count). The Bertz CT molecular complexity index is 1190. The van der Waals surface area contributed by atoms with Gasteiger partial charge in [-0.15, -0.1) is 11.3 Å². The van der Waals surface area contributed by atoms with Crippen molar-refractivity contribution in [1.29, 1.82) is 0 Å². The minimum absolute atomic E-state index is 0.182. The lowest BCUT2D eigenvalue weighted by molar-refractivity contribution is 0.0940. The summed E-state index contributed by atoms with van der Waals surface area (Å²) in [5.74, 6) is 0.960. The summed E-state index contributed by atoms with van der Waals surface area (Å²) in [5, 5.41) is 6.68. The quantitative estimate of drug-likeness (QED) is 0.580. The number of benzene rings is 1. The summed E-state index contributed by atoms with van der Waals surface area (Å²) in [6.07, 6.45) is 7.05. The number of aryl methyl sites for hydroxylation is 1. The van der Waals surface area contributed by atoms with Crippen molar-refractivity contribution in [3.05, 3.63) is 69.9 Å². The van der Waals surface area contributed by atoms with Crippen LogP contribution in [0, 0.1) is 0 Å². The summed E-state index contributed by atoms with van der Waals surface area (Å²) in [7, 11) is 0. The van der Waals surface area contributed by atoms with Crippen molar-refractivity contribution >= 4 is 28.2 Å². The Labute approximate surface area is 196 Å². The topological polar surface area (TPSA) is 89.6 Å². The third-order valence-corrected chi connectivity index (χ3v) is 7.17. The van der Waals surface area contributed by atoms with E-state index >= 15 is 0 Å². The number of thiophene rings is 1. The van der Waals surface area contributed by atoms with E-state index in [1.165, 1.54) is 22.4 Å². The molecule has 0 bridgehead atoms. The van der Waals surface area contributed by atoms with Gasteiger partial charge in [-0.3, -0.25) is 14.6 Å². The SMILES string of the molecule is CC(NC(=O)c1c(NC(=O)c2cccnc2)sc2c1CCCC2)c1ccc2c(c1)OCCO2. The van der Waals surface area contributed by atoms with Gasteiger partial charge in [-0.05, 0) is 68.0 Å². The third kappa shape index (κ3) is 4.43. The maximum absolute atomic E-state index is 13.5. The summed E-state index contributed by atoms with van der Waals surface area (Å²) >= 11 is 1.51. The number of nitrogens with zero attached hydrogens (tertiary/aromatic N) is 1. The van der Waals surface area contributed by atoms with Crippen LogP contribution in [0.15, 0.2) is 42.7 Å². The molecule has 1 unspecified atom stereocenters. The first kappa shape index (κ1) is 21.5. The maximum Gasteiger partial charge on any atom is 0.257 e. The molecule has 0 fully saturated rings. The molecule has 0 radical (unpaired) electrons. The van der Waals surface area contributed by atoms with E-state index in [9.17, 15) is 9.59 Å². The number of ether oxygens (including phenoxy) is 2. The molecular formula is C25H25N3O4S. The van der Waals surface area contributed by atoms with Crippen molar-refractivity contribution in [1.82, 2.24) is 10.3 Å². The summed E-state index contributed by atoms with van der Waals surface area (Å²) in [6, 6.07) is 8.91. The fourth-order valence-electron chi connectivity index (χ4n) is 4.25. The molecular weight excluding hydrogens is 438 g/mol. The highest BCUT2D eigenvalue weighted by molar-refractivity contribution is 7.17. The predicted octanol–water partition coefficient (Wildman–Crippen LogP) is 4.54. The van der Waals surface area contributed by atoms with E-state index in [0.717, 1.165) is 42.6 Å². The van der Waals surface area contributed by atoms with Gasteiger partial charge in [-0.2, -0.15) is 0 Å². The molecule has 170 valence electrons. The second-order valence-electron chi connectivity index (χ2n) is 8.21. The highest BCUT2D eigenvalue weighted by Crippen LogP contribution is 2.39. The smallest absolute Gasteiger partial charge is 0.257 e. The molecule has 2 aliphatic rings. The molecule has 1 aliphatic carbocycles. The number of rotatable bonds is 5. The predicted molar refractivity (Wildman–Crippen MR) is 126 cm³/mol. The highest BCUT2D eigenvalue weighted by Gasteiger charge is 2.28. The minimum Gasteiger partial charge on any atom is -0.486 e. The van der Waals surface area contributed by atoms with E-state index in [4.69, 9.17) is 9.47 Å². The molecule has 2 N–H and O–H groups in total. The number of anilines is 1. The van der Waals surface area contributed by atoms with E-state index in [-0.39, 0.29) is 17.9 Å². The number of hydrogen-bond acceptors (Lipinski definition) is 6. The van der Waals surface area contributed by atoms with Gasteiger partial charge in [-0.1, -0.05) is 6.07 Å². The Hall–Kier alpha value is -3.39. The lowest BCUT2D eigenvalue weighted by atomic mass is 9.95. The fraction of sp³-hybridized carbons (Fsp3) is 0.320. The summed E-state index contributed by atoms with van der Waals surface area (Å²) in [6.45, 7) is 2.99. The van der Waals surface area contributed by atoms with Crippen LogP contribution in [-0.4, -0.2) is 30.0 Å². The lowest BCUT2D eigenvalue weighted by Gasteiger charge is -2.21. The Balaban J connectivity index is 1.40. The molecule has 3 aromatic rings. The standard InChI is InChI=1S/C25H25N3O4S/c1-15(16-8-9-19-20(13-16)32-12-11-31-19)27-24(30)22-18-6-2-3-7-21(18)33-25(22)28-23(29)17-5-4-10-26-14-17/h4-5,8-10,13-15H,2-3,6-7,11-12H2,1H3,(H,27,30)(H,28,29). The summed E-state index contributed by atoms with van der Waals surface area (Å²) in [4.78, 5) is 31.4. The monoisotopic (exact) mass is 463 g/mol. The third-order valence-electron chi connectivity index (χ3n) is 5.96. The average molecular weight is 464 g/mol. The zero-order valence-electron chi connectivity index (χ0n) is 18.3. The van der Waals surface area contributed by atoms with E-state index in [2.05, 4.69) is 15.6 Å². The molecule has 7 nitrogen and oxygen atoms in total. The second-order valence-corrected chi connectivity index (χ2v) is 9.31. The van der Waals surface area contributed by atoms with Crippen molar-refractivity contribution in [3.8, 4) is 11.5 Å². The van der Waals surface area contributed by atoms with Crippen LogP contribution in [0.2, 0.25) is 0 Å². The van der Waals surface area contributed by atoms with Gasteiger partial charge >= 0.3 is 0 Å². The van der Waals surface area contributed by atoms with Crippen LogP contribution in [0.1, 0.15) is 62.5 Å². The number of amides is 2. The Morgan fingerprint density at radius 3 is 2.70 bits per heavy atom. The molecule has 1 aliphatic heterocycles. The van der Waals surface area contributed by atoms with Crippen LogP contribution in [0.4, 0.5) is 5.00 Å². The van der Waals surface area contributed by atoms with Crippen molar-refractivity contribution in [3.63, 3.8) is 0 Å². The van der Waals surface area contributed by atoms with E-state index in [0.29, 0.717) is 35.1 Å². The fourth-order valence-corrected chi connectivity index (χ4v) is 5.53. The lowest BCUT2D eigenvalue weighted by Crippen LogP contribution is -2.28. The Kier molecular flexibility index (Phi) is 6.00. The minimum atomic E-state index is -0.268. The Morgan fingerprint density at radius 1 is 1.06 bits per heavy atom. The molecule has 8 heteroatoms. The van der Waals surface area contributed by atoms with Crippen molar-refractivity contribution in [2.24, 2.45) is 0 Å². The zero-order valence-corrected chi connectivity index (χ0v) is 19.2. The first-order valence-corrected chi connectivity index (χ1v) is 12.0. The number of aromatic nitrogens is 1. The molecule has 2 amide bonds. The van der Waals surface area contributed by atoms with E-state index < -0.39 is 0 Å². The maximum atomic E-state index is 13.5. The van der Waals surface area contributed by atoms with Gasteiger partial charge in [0, 0.05) is 17.3 Å². The van der Waals surface area contributed by atoms with Crippen LogP contribution in [-0.2, 0) is 12.8 Å². The van der Waals surface area contributed by atoms with Gasteiger partial charge in [0.25, 0.3) is 11.8 Å². The molecule has 0 spiro atoms. The summed E-state index contributed by atoms with van der Waals surface area (Å²) in [5.41, 5.74) is 3.02. The normalized spacial score (nSPS) is 15.3. The molecule has 1 aromatic carbocycles. The first-order chi connectivity index (χ1) is 16.1. The average Bonchev–Trinajstić information content (AvgIpc) is 3.22. The molecule has 0 saturated carbocycles. The van der Waals surface area contributed by atoms with Crippen LogP contribution in [0.5, 0.6) is 11.5 Å². The van der Waals surface area contributed by atoms with Gasteiger partial charge in [0.15, 0.2) is 11.5 Å². The number of pyridine rings is 1. The van der Waals surface area contributed by atoms with Crippen molar-refractivity contribution in [2.45, 2.75) is 38.6 Å². The van der Waals surface area contributed by atoms with Gasteiger partial charge in [-0.25, -0.2) is 0 Å². The molecule has 33 heavy (non-hydrogen) atoms. The molecule has 3 heterocycles. The van der Waals surface area contributed by atoms with Gasteiger partial charge < -0.3 is 20.1 Å². The number of carbonyl (C=O) groups is 2. The Morgan fingerprint density at radius 2 is 1.88 bits per heavy atom. The molecule has 2 aromatic heterocycles. The van der Waals surface area contributed by atoms with Gasteiger partial charge in [0.05, 0.1) is 17.2 Å². The van der Waals surface area contributed by atoms with Gasteiger partial charge in [0.1, 0.15) is 18.2 Å². The molecule has 1 atom stereocenters. The number of carbonyl (C=O) groups excluding carboxylic acids is 2. The van der Waals surface area contributed by atoms with Crippen LogP contribution in [0.25, 0.3) is 0 Å². The highest BCUT2D eigenvalue weighted by atomic mass is 32.1. The second kappa shape index (κ2) is 9.23. The molecule has 0 saturated heterocycles. The van der Waals surface area contributed by atoms with Gasteiger partial charge in [0.2, 0.25) is 0 Å². The largest absolute Gasteiger partial charge is 0.486 e. The van der Waals surface area contributed by atoms with Crippen LogP contribution >= 0.6 is 11.3 Å². The summed E-state index contributed by atoms with van der Waals surface area (Å²) < 4.78 is 11.3. The van der Waals surface area contributed by atoms with Crippen molar-refractivity contribution in [2.75, 3.05) is 18.5 Å². The first-order valence-electron chi connectivity index (χ1n) is 11.2. The van der Waals surface area contributed by atoms with Crippen molar-refractivity contribution < 1.29 is 19.1 Å². The van der Waals surface area contributed by atoms with Crippen LogP contribution in [0.3, 0.4) is 0 Å². The van der Waals surface area contributed by atoms with E-state index in [1.807, 2.05) is 25.1 Å². The number of nitrogens with one attached hydrogen (secondary N) is 2. The van der Waals surface area contributed by atoms with E-state index in [1.54, 1.807) is 18.3 Å². The number of fused-ring (bicyclic) bond motifs is 2. The zero-order chi connectivity index (χ0) is 22.8. The van der Waals surface area contributed by atoms with Crippen LogP contribution < -0.4 is 20.1 Å².